The second-order valence-corrected chi connectivity index (χ2v) is 8.17. The lowest BCUT2D eigenvalue weighted by Crippen LogP contribution is -2.51. The van der Waals surface area contributed by atoms with E-state index in [0.717, 1.165) is 31.7 Å². The molecule has 2 fully saturated rings. The van der Waals surface area contributed by atoms with E-state index in [0.29, 0.717) is 37.2 Å². The number of amides is 3. The van der Waals surface area contributed by atoms with Gasteiger partial charge in [-0.25, -0.2) is 0 Å². The van der Waals surface area contributed by atoms with Crippen molar-refractivity contribution < 1.29 is 14.4 Å². The van der Waals surface area contributed by atoms with Gasteiger partial charge in [0.05, 0.1) is 0 Å². The molecule has 0 atom stereocenters. The first-order chi connectivity index (χ1) is 14.0. The minimum Gasteiger partial charge on any atom is -0.341 e. The fourth-order valence-corrected chi connectivity index (χ4v) is 4.40. The first-order valence-corrected chi connectivity index (χ1v) is 10.3. The average Bonchev–Trinajstić information content (AvgIpc) is 2.99. The van der Waals surface area contributed by atoms with E-state index in [-0.39, 0.29) is 30.2 Å². The molecular formula is C22H28N4O3. The van der Waals surface area contributed by atoms with E-state index < -0.39 is 0 Å². The highest BCUT2D eigenvalue weighted by molar-refractivity contribution is 6.10. The van der Waals surface area contributed by atoms with Crippen LogP contribution in [0.4, 0.5) is 0 Å². The molecule has 0 aliphatic carbocycles. The Morgan fingerprint density at radius 1 is 0.966 bits per heavy atom. The van der Waals surface area contributed by atoms with Crippen LogP contribution in [0.15, 0.2) is 30.8 Å². The highest BCUT2D eigenvalue weighted by Gasteiger charge is 2.35. The van der Waals surface area contributed by atoms with Gasteiger partial charge >= 0.3 is 0 Å². The maximum Gasteiger partial charge on any atom is 0.259 e. The third-order valence-corrected chi connectivity index (χ3v) is 6.34. The summed E-state index contributed by atoms with van der Waals surface area (Å²) in [5.74, 6) is -0.0317. The van der Waals surface area contributed by atoms with Crippen LogP contribution in [0.25, 0.3) is 5.70 Å². The molecule has 4 rings (SSSR count). The number of benzene rings is 1. The summed E-state index contributed by atoms with van der Waals surface area (Å²) in [7, 11) is 2.07. The molecule has 29 heavy (non-hydrogen) atoms. The largest absolute Gasteiger partial charge is 0.341 e. The number of carbonyl (C=O) groups excluding carboxylic acids is 3. The molecule has 7 heteroatoms. The zero-order valence-electron chi connectivity index (χ0n) is 17.0. The van der Waals surface area contributed by atoms with Crippen LogP contribution in [0, 0.1) is 5.92 Å². The van der Waals surface area contributed by atoms with E-state index in [1.807, 2.05) is 23.1 Å². The van der Waals surface area contributed by atoms with Crippen molar-refractivity contribution >= 4 is 23.4 Å². The van der Waals surface area contributed by atoms with Gasteiger partial charge in [0.1, 0.15) is 6.54 Å². The van der Waals surface area contributed by atoms with E-state index in [4.69, 9.17) is 0 Å². The fourth-order valence-electron chi connectivity index (χ4n) is 4.40. The van der Waals surface area contributed by atoms with Crippen molar-refractivity contribution in [2.24, 2.45) is 5.92 Å². The average molecular weight is 396 g/mol. The van der Waals surface area contributed by atoms with E-state index in [1.165, 1.54) is 4.90 Å². The van der Waals surface area contributed by atoms with Crippen molar-refractivity contribution in [2.45, 2.75) is 12.8 Å². The van der Waals surface area contributed by atoms with Gasteiger partial charge < -0.3 is 14.7 Å². The maximum absolute atomic E-state index is 12.8. The maximum atomic E-state index is 12.8. The van der Waals surface area contributed by atoms with Gasteiger partial charge in [0.2, 0.25) is 11.8 Å². The van der Waals surface area contributed by atoms with Crippen molar-refractivity contribution in [1.29, 1.82) is 0 Å². The number of fused-ring (bicyclic) bond motifs is 1. The Balaban J connectivity index is 1.30. The molecule has 154 valence electrons. The van der Waals surface area contributed by atoms with E-state index in [2.05, 4.69) is 18.5 Å². The fraction of sp³-hybridized carbons (Fsp3) is 0.500. The number of nitrogens with zero attached hydrogens (tertiary/aromatic N) is 4. The van der Waals surface area contributed by atoms with Gasteiger partial charge in [-0.15, -0.1) is 0 Å². The second-order valence-electron chi connectivity index (χ2n) is 8.17. The topological polar surface area (TPSA) is 64.2 Å². The first-order valence-electron chi connectivity index (χ1n) is 10.3. The summed E-state index contributed by atoms with van der Waals surface area (Å²) in [6, 6.07) is 7.31. The number of carbonyl (C=O) groups is 3. The summed E-state index contributed by atoms with van der Waals surface area (Å²) in [6.07, 6.45) is 1.37. The number of piperazine rings is 1. The lowest BCUT2D eigenvalue weighted by atomic mass is 9.95. The smallest absolute Gasteiger partial charge is 0.259 e. The Morgan fingerprint density at radius 2 is 1.59 bits per heavy atom. The molecule has 2 saturated heterocycles. The molecule has 3 heterocycles. The predicted molar refractivity (Wildman–Crippen MR) is 110 cm³/mol. The number of likely N-dealkylation sites (tertiary alicyclic amines) is 1. The van der Waals surface area contributed by atoms with Crippen LogP contribution in [-0.2, 0) is 9.59 Å². The van der Waals surface area contributed by atoms with Gasteiger partial charge in [-0.2, -0.15) is 0 Å². The van der Waals surface area contributed by atoms with Gasteiger partial charge in [-0.05, 0) is 26.0 Å². The number of hydrogen-bond donors (Lipinski definition) is 0. The molecule has 0 bridgehead atoms. The molecule has 3 aliphatic rings. The minimum absolute atomic E-state index is 0.00339. The van der Waals surface area contributed by atoms with Gasteiger partial charge in [0.15, 0.2) is 0 Å². The molecule has 0 saturated carbocycles. The van der Waals surface area contributed by atoms with Crippen LogP contribution in [0.3, 0.4) is 0 Å². The van der Waals surface area contributed by atoms with E-state index in [1.54, 1.807) is 11.0 Å². The molecule has 0 spiro atoms. The van der Waals surface area contributed by atoms with Crippen LogP contribution < -0.4 is 0 Å². The number of rotatable bonds is 3. The van der Waals surface area contributed by atoms with E-state index >= 15 is 0 Å². The standard InChI is InChI=1S/C22H28N4O3/c1-16-18-5-3-4-6-19(18)22(29)26(16)15-20(27)24-9-7-17(8-10-24)21(28)25-13-11-23(2)12-14-25/h3-6,17H,1,7-15H2,2H3. The monoisotopic (exact) mass is 396 g/mol. The molecule has 1 aromatic carbocycles. The van der Waals surface area contributed by atoms with Crippen LogP contribution in [0.5, 0.6) is 0 Å². The van der Waals surface area contributed by atoms with E-state index in [9.17, 15) is 14.4 Å². The Morgan fingerprint density at radius 3 is 2.21 bits per heavy atom. The van der Waals surface area contributed by atoms with Crippen LogP contribution in [0.1, 0.15) is 28.8 Å². The van der Waals surface area contributed by atoms with Crippen molar-refractivity contribution in [2.75, 3.05) is 52.9 Å². The summed E-state index contributed by atoms with van der Waals surface area (Å²) in [6.45, 7) is 8.53. The SMILES string of the molecule is C=C1c2ccccc2C(=O)N1CC(=O)N1CCC(C(=O)N2CCN(C)CC2)CC1. The Kier molecular flexibility index (Phi) is 5.41. The first kappa shape index (κ1) is 19.6. The van der Waals surface area contributed by atoms with Crippen LogP contribution in [-0.4, -0.2) is 90.2 Å². The Bertz CT molecular complexity index is 801. The minimum atomic E-state index is -0.168. The summed E-state index contributed by atoms with van der Waals surface area (Å²) in [5, 5.41) is 0. The van der Waals surface area contributed by atoms with Crippen LogP contribution >= 0.6 is 0 Å². The molecule has 3 aliphatic heterocycles. The quantitative estimate of drug-likeness (QED) is 0.768. The van der Waals surface area contributed by atoms with Crippen molar-refractivity contribution in [3.05, 3.63) is 42.0 Å². The van der Waals surface area contributed by atoms with Gasteiger partial charge in [-0.3, -0.25) is 19.3 Å². The second kappa shape index (κ2) is 7.99. The summed E-state index contributed by atoms with van der Waals surface area (Å²) >= 11 is 0. The summed E-state index contributed by atoms with van der Waals surface area (Å²) in [4.78, 5) is 45.6. The number of hydrogen-bond acceptors (Lipinski definition) is 4. The molecular weight excluding hydrogens is 368 g/mol. The summed E-state index contributed by atoms with van der Waals surface area (Å²) < 4.78 is 0. The highest BCUT2D eigenvalue weighted by atomic mass is 16.2. The molecule has 1 aromatic rings. The van der Waals surface area contributed by atoms with Gasteiger partial charge in [0.25, 0.3) is 5.91 Å². The number of likely N-dealkylation sites (N-methyl/N-ethyl adjacent to an activating group) is 1. The summed E-state index contributed by atoms with van der Waals surface area (Å²) in [5.41, 5.74) is 1.97. The molecule has 0 unspecified atom stereocenters. The lowest BCUT2D eigenvalue weighted by Gasteiger charge is -2.37. The van der Waals surface area contributed by atoms with Gasteiger partial charge in [0, 0.05) is 62.0 Å². The Labute approximate surface area is 171 Å². The molecule has 3 amide bonds. The van der Waals surface area contributed by atoms with Crippen LogP contribution in [0.2, 0.25) is 0 Å². The van der Waals surface area contributed by atoms with Gasteiger partial charge in [-0.1, -0.05) is 24.8 Å². The predicted octanol–water partition coefficient (Wildman–Crippen LogP) is 1.13. The molecule has 0 N–H and O–H groups in total. The van der Waals surface area contributed by atoms with Crippen molar-refractivity contribution in [3.8, 4) is 0 Å². The zero-order valence-corrected chi connectivity index (χ0v) is 17.0. The Hall–Kier alpha value is -2.67. The van der Waals surface area contributed by atoms with Crippen molar-refractivity contribution in [3.63, 3.8) is 0 Å². The van der Waals surface area contributed by atoms with Crippen molar-refractivity contribution in [1.82, 2.24) is 19.6 Å². The molecule has 0 aromatic heterocycles. The highest BCUT2D eigenvalue weighted by Crippen LogP contribution is 2.31. The third kappa shape index (κ3) is 3.79. The normalized spacial score (nSPS) is 20.9. The lowest BCUT2D eigenvalue weighted by molar-refractivity contribution is -0.141. The molecule has 0 radical (unpaired) electrons. The third-order valence-electron chi connectivity index (χ3n) is 6.34. The number of piperidine rings is 1. The molecule has 7 nitrogen and oxygen atoms in total. The zero-order chi connectivity index (χ0) is 20.5.